The first-order valence-corrected chi connectivity index (χ1v) is 8.28. The molecule has 4 nitrogen and oxygen atoms in total. The molecule has 0 aliphatic rings. The van der Waals surface area contributed by atoms with E-state index >= 15 is 0 Å². The highest BCUT2D eigenvalue weighted by Gasteiger charge is 2.30. The van der Waals surface area contributed by atoms with Gasteiger partial charge in [0, 0.05) is 23.4 Å². The maximum Gasteiger partial charge on any atom is 0.416 e. The van der Waals surface area contributed by atoms with Crippen molar-refractivity contribution in [2.24, 2.45) is 5.73 Å². The number of rotatable bonds is 6. The summed E-state index contributed by atoms with van der Waals surface area (Å²) >= 11 is 1.32. The first-order valence-electron chi connectivity index (χ1n) is 7.40. The summed E-state index contributed by atoms with van der Waals surface area (Å²) in [5.74, 6) is -0.101. The van der Waals surface area contributed by atoms with Crippen molar-refractivity contribution in [3.63, 3.8) is 0 Å². The van der Waals surface area contributed by atoms with E-state index in [0.717, 1.165) is 12.1 Å². The van der Waals surface area contributed by atoms with Crippen LogP contribution in [0.4, 0.5) is 13.2 Å². The number of carbonyl (C=O) groups is 1. The highest BCUT2D eigenvalue weighted by atomic mass is 35.5. The number of nitrogens with two attached hydrogens (primary N) is 1. The van der Waals surface area contributed by atoms with Crippen LogP contribution in [0.2, 0.25) is 0 Å². The number of nitrogens with zero attached hydrogens (tertiary/aromatic N) is 1. The second kappa shape index (κ2) is 9.17. The van der Waals surface area contributed by atoms with Gasteiger partial charge >= 0.3 is 6.18 Å². The molecule has 1 unspecified atom stereocenters. The van der Waals surface area contributed by atoms with Gasteiger partial charge in [0.2, 0.25) is 5.91 Å². The molecule has 0 fully saturated rings. The molecule has 0 saturated heterocycles. The third-order valence-corrected chi connectivity index (χ3v) is 4.24. The normalized spacial score (nSPS) is 12.4. The maximum absolute atomic E-state index is 12.6. The average molecular weight is 394 g/mol. The Hall–Kier alpha value is -1.64. The number of amides is 1. The fraction of sp³-hybridized carbons (Fsp3) is 0.375. The smallest absolute Gasteiger partial charge is 0.350 e. The van der Waals surface area contributed by atoms with E-state index in [2.05, 4.69) is 10.3 Å². The molecule has 1 aromatic heterocycles. The van der Waals surface area contributed by atoms with Crippen LogP contribution in [0.5, 0.6) is 0 Å². The van der Waals surface area contributed by atoms with Crippen LogP contribution in [0.1, 0.15) is 31.0 Å². The quantitative estimate of drug-likeness (QED) is 0.779. The SMILES string of the molecule is CC(N)CCC(=O)NCc1csc(-c2ccc(C(F)(F)F)cc2)n1.Cl. The fourth-order valence-corrected chi connectivity index (χ4v) is 2.78. The minimum Gasteiger partial charge on any atom is -0.350 e. The summed E-state index contributed by atoms with van der Waals surface area (Å²) in [6.07, 6.45) is -3.38. The van der Waals surface area contributed by atoms with Crippen molar-refractivity contribution in [1.29, 1.82) is 0 Å². The topological polar surface area (TPSA) is 68.0 Å². The number of hydrogen-bond acceptors (Lipinski definition) is 4. The van der Waals surface area contributed by atoms with Crippen molar-refractivity contribution < 1.29 is 18.0 Å². The predicted molar refractivity (Wildman–Crippen MR) is 94.5 cm³/mol. The lowest BCUT2D eigenvalue weighted by Gasteiger charge is -2.06. The summed E-state index contributed by atoms with van der Waals surface area (Å²) in [7, 11) is 0. The molecule has 1 heterocycles. The number of halogens is 4. The molecule has 2 rings (SSSR count). The second-order valence-corrected chi connectivity index (χ2v) is 6.37. The summed E-state index contributed by atoms with van der Waals surface area (Å²) in [5.41, 5.74) is 6.19. The van der Waals surface area contributed by atoms with Gasteiger partial charge in [0.25, 0.3) is 0 Å². The first kappa shape index (κ1) is 21.4. The van der Waals surface area contributed by atoms with Crippen LogP contribution in [0.15, 0.2) is 29.6 Å². The van der Waals surface area contributed by atoms with E-state index in [9.17, 15) is 18.0 Å². The molecule has 0 spiro atoms. The molecule has 3 N–H and O–H groups in total. The largest absolute Gasteiger partial charge is 0.416 e. The van der Waals surface area contributed by atoms with Crippen molar-refractivity contribution in [2.75, 3.05) is 0 Å². The van der Waals surface area contributed by atoms with Crippen LogP contribution < -0.4 is 11.1 Å². The van der Waals surface area contributed by atoms with E-state index in [1.165, 1.54) is 23.5 Å². The molecular formula is C16H19ClF3N3OS. The van der Waals surface area contributed by atoms with Gasteiger partial charge in [-0.1, -0.05) is 12.1 Å². The second-order valence-electron chi connectivity index (χ2n) is 5.51. The van der Waals surface area contributed by atoms with Crippen molar-refractivity contribution in [1.82, 2.24) is 10.3 Å². The van der Waals surface area contributed by atoms with E-state index in [4.69, 9.17) is 5.73 Å². The minimum atomic E-state index is -4.35. The molecule has 0 bridgehead atoms. The number of nitrogens with one attached hydrogen (secondary N) is 1. The zero-order chi connectivity index (χ0) is 17.7. The van der Waals surface area contributed by atoms with Gasteiger partial charge in [0.15, 0.2) is 0 Å². The van der Waals surface area contributed by atoms with Crippen molar-refractivity contribution in [3.05, 3.63) is 40.9 Å². The standard InChI is InChI=1S/C16H18F3N3OS.ClH/c1-10(20)2-7-14(23)21-8-13-9-24-15(22-13)11-3-5-12(6-4-11)16(17,18)19;/h3-6,9-10H,2,7-8,20H2,1H3,(H,21,23);1H. The zero-order valence-corrected chi connectivity index (χ0v) is 15.1. The zero-order valence-electron chi connectivity index (χ0n) is 13.5. The van der Waals surface area contributed by atoms with Gasteiger partial charge < -0.3 is 11.1 Å². The van der Waals surface area contributed by atoms with Gasteiger partial charge in [-0.15, -0.1) is 23.7 Å². The van der Waals surface area contributed by atoms with E-state index in [-0.39, 0.29) is 30.9 Å². The molecule has 0 aliphatic carbocycles. The lowest BCUT2D eigenvalue weighted by Crippen LogP contribution is -2.25. The number of thiazole rings is 1. The summed E-state index contributed by atoms with van der Waals surface area (Å²) in [6.45, 7) is 2.12. The maximum atomic E-state index is 12.6. The van der Waals surface area contributed by atoms with Gasteiger partial charge in [-0.25, -0.2) is 4.98 Å². The van der Waals surface area contributed by atoms with Crippen molar-refractivity contribution in [2.45, 2.75) is 38.5 Å². The first-order chi connectivity index (χ1) is 11.3. The van der Waals surface area contributed by atoms with Crippen LogP contribution in [0.25, 0.3) is 10.6 Å². The van der Waals surface area contributed by atoms with Gasteiger partial charge in [-0.05, 0) is 25.5 Å². The van der Waals surface area contributed by atoms with Crippen molar-refractivity contribution in [3.8, 4) is 10.6 Å². The molecule has 1 aromatic carbocycles. The molecule has 2 aromatic rings. The van der Waals surface area contributed by atoms with Crippen LogP contribution in [0.3, 0.4) is 0 Å². The van der Waals surface area contributed by atoms with Gasteiger partial charge in [-0.2, -0.15) is 13.2 Å². The molecule has 1 amide bonds. The van der Waals surface area contributed by atoms with Gasteiger partial charge in [-0.3, -0.25) is 4.79 Å². The van der Waals surface area contributed by atoms with Crippen LogP contribution >= 0.6 is 23.7 Å². The lowest BCUT2D eigenvalue weighted by atomic mass is 10.1. The summed E-state index contributed by atoms with van der Waals surface area (Å²) in [6, 6.07) is 4.83. The van der Waals surface area contributed by atoms with Gasteiger partial charge in [0.1, 0.15) is 5.01 Å². The van der Waals surface area contributed by atoms with Crippen LogP contribution in [-0.2, 0) is 17.5 Å². The molecule has 9 heteroatoms. The number of benzene rings is 1. The Balaban J connectivity index is 0.00000312. The molecule has 138 valence electrons. The van der Waals surface area contributed by atoms with Crippen LogP contribution in [-0.4, -0.2) is 16.9 Å². The predicted octanol–water partition coefficient (Wildman–Crippen LogP) is 3.99. The Bertz CT molecular complexity index is 687. The summed E-state index contributed by atoms with van der Waals surface area (Å²) in [5, 5.41) is 5.14. The van der Waals surface area contributed by atoms with Crippen molar-refractivity contribution >= 4 is 29.7 Å². The molecule has 25 heavy (non-hydrogen) atoms. The number of hydrogen-bond donors (Lipinski definition) is 2. The molecule has 0 saturated carbocycles. The van der Waals surface area contributed by atoms with E-state index < -0.39 is 11.7 Å². The fourth-order valence-electron chi connectivity index (χ4n) is 1.96. The van der Waals surface area contributed by atoms with E-state index in [1.54, 1.807) is 5.38 Å². The minimum absolute atomic E-state index is 0. The number of alkyl halides is 3. The van der Waals surface area contributed by atoms with Crippen LogP contribution in [0, 0.1) is 0 Å². The molecular weight excluding hydrogens is 375 g/mol. The number of carbonyl (C=O) groups excluding carboxylic acids is 1. The van der Waals surface area contributed by atoms with E-state index in [1.807, 2.05) is 6.92 Å². The Morgan fingerprint density at radius 2 is 1.96 bits per heavy atom. The summed E-state index contributed by atoms with van der Waals surface area (Å²) in [4.78, 5) is 16.0. The molecule has 1 atom stereocenters. The Morgan fingerprint density at radius 1 is 1.32 bits per heavy atom. The molecule has 0 aliphatic heterocycles. The Kier molecular flexibility index (Phi) is 7.85. The number of aromatic nitrogens is 1. The Labute approximate surface area is 154 Å². The third-order valence-electron chi connectivity index (χ3n) is 3.30. The lowest BCUT2D eigenvalue weighted by molar-refractivity contribution is -0.137. The van der Waals surface area contributed by atoms with Gasteiger partial charge in [0.05, 0.1) is 17.8 Å². The van der Waals surface area contributed by atoms with E-state index in [0.29, 0.717) is 29.1 Å². The third kappa shape index (κ3) is 6.64. The highest BCUT2D eigenvalue weighted by molar-refractivity contribution is 7.13. The molecule has 0 radical (unpaired) electrons. The Morgan fingerprint density at radius 3 is 2.52 bits per heavy atom. The highest BCUT2D eigenvalue weighted by Crippen LogP contribution is 2.31. The summed E-state index contributed by atoms with van der Waals surface area (Å²) < 4.78 is 37.7. The average Bonchev–Trinajstić information content (AvgIpc) is 2.99. The monoisotopic (exact) mass is 393 g/mol.